The lowest BCUT2D eigenvalue weighted by atomic mass is 9.70. The van der Waals surface area contributed by atoms with Gasteiger partial charge in [-0.25, -0.2) is 34.3 Å². The van der Waals surface area contributed by atoms with E-state index in [2.05, 4.69) is 29.9 Å². The summed E-state index contributed by atoms with van der Waals surface area (Å²) in [6.45, 7) is -8.32. The van der Waals surface area contributed by atoms with Crippen molar-refractivity contribution in [1.29, 1.82) is 0 Å². The Morgan fingerprint density at radius 1 is 0.837 bits per heavy atom. The van der Waals surface area contributed by atoms with Crippen LogP contribution in [0.3, 0.4) is 0 Å². The molecule has 0 bridgehead atoms. The number of nitrogens with two attached hydrogens (primary N) is 2. The standard InChI is InChI=1S/C21H25FN10O7P2S2/c22-13-16-12(38-21(13)32-8-30-15-18(24)26-6-28-20(15)32)4-37-40(33,42)36-3-10-9(2-35-41(34,43)39-16)1-11(10)31-7-29-14-17(23)25-5-27-19(14)31/h5-13,16,21H,1-4H2,(H,33,42)(H,34,43)(H2,23,25,27)(H2,24,26,28)/t9-,10-,11-,12?,13+,16-,21-,40?,41?/m1/s1. The Labute approximate surface area is 252 Å². The van der Waals surface area contributed by atoms with E-state index in [0.717, 1.165) is 0 Å². The fourth-order valence-corrected chi connectivity index (χ4v) is 8.26. The quantitative estimate of drug-likeness (QED) is 0.219. The molecule has 9 atom stereocenters. The van der Waals surface area contributed by atoms with Crippen LogP contribution in [0.4, 0.5) is 16.0 Å². The molecule has 3 fully saturated rings. The smallest absolute Gasteiger partial charge is 0.324 e. The molecule has 2 saturated heterocycles. The highest BCUT2D eigenvalue weighted by atomic mass is 32.5. The third kappa shape index (κ3) is 5.33. The topological polar surface area (TPSA) is 226 Å². The number of nitrogen functional groups attached to an aromatic ring is 2. The lowest BCUT2D eigenvalue weighted by molar-refractivity contribution is -0.0427. The number of rotatable bonds is 2. The second-order valence-electron chi connectivity index (χ2n) is 10.3. The Morgan fingerprint density at radius 2 is 1.44 bits per heavy atom. The van der Waals surface area contributed by atoms with Gasteiger partial charge in [-0.3, -0.25) is 9.09 Å². The number of aromatic nitrogens is 8. The lowest BCUT2D eigenvalue weighted by Gasteiger charge is -2.45. The summed E-state index contributed by atoms with van der Waals surface area (Å²) in [4.78, 5) is 46.6. The van der Waals surface area contributed by atoms with E-state index in [1.165, 1.54) is 23.5 Å². The zero-order valence-electron chi connectivity index (χ0n) is 21.9. The van der Waals surface area contributed by atoms with Crippen molar-refractivity contribution in [2.24, 2.45) is 11.8 Å². The minimum atomic E-state index is -4.00. The molecule has 1 aliphatic carbocycles. The number of hydrogen-bond donors (Lipinski definition) is 4. The van der Waals surface area contributed by atoms with Crippen LogP contribution in [0.25, 0.3) is 22.3 Å². The molecular formula is C21H25FN10O7P2S2. The van der Waals surface area contributed by atoms with Gasteiger partial charge in [-0.1, -0.05) is 0 Å². The Morgan fingerprint density at radius 3 is 2.14 bits per heavy atom. The van der Waals surface area contributed by atoms with Crippen LogP contribution in [0, 0.1) is 11.8 Å². The number of nitrogens with zero attached hydrogens (tertiary/aromatic N) is 8. The van der Waals surface area contributed by atoms with Crippen LogP contribution in [0.15, 0.2) is 25.3 Å². The first-order chi connectivity index (χ1) is 20.5. The summed E-state index contributed by atoms with van der Waals surface area (Å²) < 4.78 is 47.8. The second-order valence-corrected chi connectivity index (χ2v) is 15.9. The Bertz CT molecular complexity index is 1800. The minimum Gasteiger partial charge on any atom is -0.382 e. The molecule has 3 unspecified atom stereocenters. The van der Waals surface area contributed by atoms with Crippen LogP contribution in [-0.2, 0) is 46.4 Å². The van der Waals surface area contributed by atoms with Crippen LogP contribution in [0.1, 0.15) is 18.7 Å². The number of hydrogen-bond acceptors (Lipinski definition) is 15. The van der Waals surface area contributed by atoms with Crippen molar-refractivity contribution in [1.82, 2.24) is 39.0 Å². The molecule has 0 amide bonds. The summed E-state index contributed by atoms with van der Waals surface area (Å²) in [5.74, 6) is -0.138. The first-order valence-corrected chi connectivity index (χ1v) is 18.1. The van der Waals surface area contributed by atoms with Gasteiger partial charge in [-0.2, -0.15) is 0 Å². The fraction of sp³-hybridized carbons (Fsp3) is 0.524. The van der Waals surface area contributed by atoms with Gasteiger partial charge < -0.3 is 44.1 Å². The SMILES string of the molecule is Nc1ncnc2c1ncn2[C@@H]1C[C@@H]2COP(O)(=S)O[C@@H]3C(COP(O)(=S)OC[C@H]21)O[C@@H](n1cnc2c(N)ncnc21)[C@H]3F. The number of anilines is 2. The van der Waals surface area contributed by atoms with E-state index in [4.69, 9.17) is 57.9 Å². The molecule has 2 aliphatic heterocycles. The van der Waals surface area contributed by atoms with Crippen LogP contribution in [0.2, 0.25) is 0 Å². The number of alkyl halides is 1. The van der Waals surface area contributed by atoms with Crippen LogP contribution >= 0.6 is 13.4 Å². The molecule has 1 saturated carbocycles. The van der Waals surface area contributed by atoms with Gasteiger partial charge in [-0.05, 0) is 36.0 Å². The molecule has 0 spiro atoms. The van der Waals surface area contributed by atoms with Gasteiger partial charge in [0.15, 0.2) is 35.3 Å². The van der Waals surface area contributed by atoms with Crippen molar-refractivity contribution in [2.75, 3.05) is 31.3 Å². The van der Waals surface area contributed by atoms with E-state index in [1.54, 1.807) is 6.33 Å². The summed E-state index contributed by atoms with van der Waals surface area (Å²) in [7, 11) is 0. The zero-order chi connectivity index (χ0) is 30.1. The minimum absolute atomic E-state index is 0.0205. The van der Waals surface area contributed by atoms with Crippen LogP contribution < -0.4 is 11.5 Å². The van der Waals surface area contributed by atoms with Gasteiger partial charge in [0, 0.05) is 12.0 Å². The Hall–Kier alpha value is -2.35. The van der Waals surface area contributed by atoms with Gasteiger partial charge >= 0.3 is 13.4 Å². The molecule has 22 heteroatoms. The predicted molar refractivity (Wildman–Crippen MR) is 155 cm³/mol. The largest absolute Gasteiger partial charge is 0.382 e. The number of imidazole rings is 2. The normalized spacial score (nSPS) is 37.1. The summed E-state index contributed by atoms with van der Waals surface area (Å²) in [6, 6.07) is -0.188. The highest BCUT2D eigenvalue weighted by molar-refractivity contribution is 8.07. The molecule has 0 radical (unpaired) electrons. The zero-order valence-corrected chi connectivity index (χ0v) is 25.4. The van der Waals surface area contributed by atoms with Gasteiger partial charge in [0.1, 0.15) is 35.9 Å². The predicted octanol–water partition coefficient (Wildman–Crippen LogP) is 1.13. The second kappa shape index (κ2) is 10.9. The van der Waals surface area contributed by atoms with Gasteiger partial charge in [0.05, 0.1) is 32.5 Å². The molecule has 4 aromatic rings. The van der Waals surface area contributed by atoms with Crippen molar-refractivity contribution in [3.05, 3.63) is 25.3 Å². The van der Waals surface area contributed by atoms with Crippen LogP contribution in [-0.4, -0.2) is 87.0 Å². The highest BCUT2D eigenvalue weighted by Crippen LogP contribution is 2.55. The van der Waals surface area contributed by atoms with Gasteiger partial charge in [0.2, 0.25) is 0 Å². The molecule has 43 heavy (non-hydrogen) atoms. The molecule has 6 N–H and O–H groups in total. The van der Waals surface area contributed by atoms with E-state index in [1.807, 2.05) is 4.57 Å². The summed E-state index contributed by atoms with van der Waals surface area (Å²) >= 11 is 10.5. The number of halogens is 1. The maximum atomic E-state index is 16.0. The van der Waals surface area contributed by atoms with E-state index in [-0.39, 0.29) is 53.9 Å². The summed E-state index contributed by atoms with van der Waals surface area (Å²) in [6.07, 6.45) is 0.151. The van der Waals surface area contributed by atoms with Crippen molar-refractivity contribution < 1.29 is 37.0 Å². The molecule has 0 aromatic carbocycles. The van der Waals surface area contributed by atoms with E-state index < -0.39 is 44.7 Å². The third-order valence-electron chi connectivity index (χ3n) is 7.86. The van der Waals surface area contributed by atoms with Crippen molar-refractivity contribution in [3.8, 4) is 0 Å². The maximum absolute atomic E-state index is 16.0. The molecule has 230 valence electrons. The van der Waals surface area contributed by atoms with Gasteiger partial charge in [-0.15, -0.1) is 0 Å². The first-order valence-electron chi connectivity index (χ1n) is 12.9. The van der Waals surface area contributed by atoms with Crippen molar-refractivity contribution in [3.63, 3.8) is 0 Å². The van der Waals surface area contributed by atoms with Crippen LogP contribution in [0.5, 0.6) is 0 Å². The average molecular weight is 675 g/mol. The Balaban J connectivity index is 1.14. The van der Waals surface area contributed by atoms with E-state index >= 15 is 4.39 Å². The van der Waals surface area contributed by atoms with Gasteiger partial charge in [0.25, 0.3) is 0 Å². The molecule has 7 rings (SSSR count). The molecular weight excluding hydrogens is 649 g/mol. The summed E-state index contributed by atoms with van der Waals surface area (Å²) in [5.41, 5.74) is 13.3. The van der Waals surface area contributed by atoms with Crippen molar-refractivity contribution >= 4 is 71.0 Å². The molecule has 3 aliphatic rings. The molecule has 17 nitrogen and oxygen atoms in total. The fourth-order valence-electron chi connectivity index (χ4n) is 5.64. The third-order valence-corrected chi connectivity index (χ3v) is 11.0. The first kappa shape index (κ1) is 29.4. The van der Waals surface area contributed by atoms with E-state index in [9.17, 15) is 9.79 Å². The number of fused-ring (bicyclic) bond motifs is 4. The monoisotopic (exact) mass is 674 g/mol. The highest BCUT2D eigenvalue weighted by Gasteiger charge is 2.51. The number of ether oxygens (including phenoxy) is 1. The maximum Gasteiger partial charge on any atom is 0.324 e. The average Bonchev–Trinajstić information content (AvgIpc) is 3.64. The van der Waals surface area contributed by atoms with E-state index in [0.29, 0.717) is 17.6 Å². The summed E-state index contributed by atoms with van der Waals surface area (Å²) in [5, 5.41) is 0. The molecule has 4 aromatic heterocycles. The van der Waals surface area contributed by atoms with Crippen molar-refractivity contribution in [2.45, 2.75) is 37.1 Å². The molecule has 6 heterocycles. The lowest BCUT2D eigenvalue weighted by Crippen LogP contribution is -2.43. The Kier molecular flexibility index (Phi) is 7.46.